The van der Waals surface area contributed by atoms with E-state index in [1.54, 1.807) is 12.1 Å². The number of benzene rings is 1. The molecule has 0 spiro atoms. The number of nitrogens with one attached hydrogen (secondary N) is 1. The van der Waals surface area contributed by atoms with E-state index in [0.29, 0.717) is 18.8 Å². The summed E-state index contributed by atoms with van der Waals surface area (Å²) in [5, 5.41) is 2.72. The molecule has 1 saturated heterocycles. The number of piperazine rings is 1. The molecule has 0 atom stereocenters. The highest BCUT2D eigenvalue weighted by atomic mass is 79.9. The summed E-state index contributed by atoms with van der Waals surface area (Å²) in [5.74, 6) is -0.461. The van der Waals surface area contributed by atoms with Gasteiger partial charge in [-0.25, -0.2) is 8.42 Å². The maximum absolute atomic E-state index is 12.2. The lowest BCUT2D eigenvalue weighted by molar-refractivity contribution is -0.115. The van der Waals surface area contributed by atoms with Gasteiger partial charge in [-0.05, 0) is 35.1 Å². The van der Waals surface area contributed by atoms with Gasteiger partial charge < -0.3 is 10.2 Å². The lowest BCUT2D eigenvalue weighted by Gasteiger charge is -2.31. The molecule has 1 amide bonds. The minimum absolute atomic E-state index is 0.0456. The van der Waals surface area contributed by atoms with Crippen molar-refractivity contribution in [3.63, 3.8) is 0 Å². The molecule has 1 aliphatic rings. The van der Waals surface area contributed by atoms with Crippen LogP contribution in [0.4, 0.5) is 5.69 Å². The predicted molar refractivity (Wildman–Crippen MR) is 90.2 cm³/mol. The maximum Gasteiger partial charge on any atom is 0.225 e. The lowest BCUT2D eigenvalue weighted by atomic mass is 10.3. The average molecular weight is 390 g/mol. The summed E-state index contributed by atoms with van der Waals surface area (Å²) in [6, 6.07) is 7.23. The van der Waals surface area contributed by atoms with E-state index in [2.05, 4.69) is 26.1 Å². The molecule has 0 bridgehead atoms. The van der Waals surface area contributed by atoms with Crippen LogP contribution in [0.3, 0.4) is 0 Å². The Morgan fingerprint density at radius 3 is 2.50 bits per heavy atom. The van der Waals surface area contributed by atoms with Crippen molar-refractivity contribution in [1.29, 1.82) is 0 Å². The highest BCUT2D eigenvalue weighted by molar-refractivity contribution is 9.10. The topological polar surface area (TPSA) is 69.7 Å². The number of likely N-dealkylation sites (N-methyl/N-ethyl adjacent to an activating group) is 1. The van der Waals surface area contributed by atoms with E-state index in [-0.39, 0.29) is 18.1 Å². The molecule has 0 aromatic heterocycles. The van der Waals surface area contributed by atoms with Gasteiger partial charge in [-0.1, -0.05) is 12.1 Å². The molecular weight excluding hydrogens is 370 g/mol. The Labute approximate surface area is 139 Å². The molecule has 1 heterocycles. The lowest BCUT2D eigenvalue weighted by Crippen LogP contribution is -2.48. The van der Waals surface area contributed by atoms with Crippen molar-refractivity contribution in [2.45, 2.75) is 6.42 Å². The number of para-hydroxylation sites is 1. The molecule has 6 nitrogen and oxygen atoms in total. The van der Waals surface area contributed by atoms with Gasteiger partial charge in [0.1, 0.15) is 0 Å². The van der Waals surface area contributed by atoms with Gasteiger partial charge in [0.15, 0.2) is 0 Å². The van der Waals surface area contributed by atoms with E-state index in [1.165, 1.54) is 4.31 Å². The second kappa shape index (κ2) is 7.54. The SMILES string of the molecule is CN1CCN(S(=O)(=O)CCC(=O)Nc2ccccc2Br)CC1. The summed E-state index contributed by atoms with van der Waals surface area (Å²) in [5.41, 5.74) is 0.643. The fourth-order valence-electron chi connectivity index (χ4n) is 2.19. The zero-order valence-electron chi connectivity index (χ0n) is 12.5. The molecule has 8 heteroatoms. The molecule has 0 unspecified atom stereocenters. The summed E-state index contributed by atoms with van der Waals surface area (Å²) in [6.07, 6.45) is -0.0456. The molecule has 122 valence electrons. The highest BCUT2D eigenvalue weighted by Crippen LogP contribution is 2.21. The van der Waals surface area contributed by atoms with Crippen molar-refractivity contribution < 1.29 is 13.2 Å². The molecule has 1 N–H and O–H groups in total. The van der Waals surface area contributed by atoms with Crippen LogP contribution < -0.4 is 5.32 Å². The van der Waals surface area contributed by atoms with E-state index in [4.69, 9.17) is 0 Å². The molecule has 1 aliphatic heterocycles. The largest absolute Gasteiger partial charge is 0.325 e. The van der Waals surface area contributed by atoms with Gasteiger partial charge in [-0.15, -0.1) is 0 Å². The molecule has 22 heavy (non-hydrogen) atoms. The van der Waals surface area contributed by atoms with Crippen LogP contribution in [-0.4, -0.2) is 62.5 Å². The number of rotatable bonds is 5. The van der Waals surface area contributed by atoms with Crippen molar-refractivity contribution in [2.75, 3.05) is 44.3 Å². The number of hydrogen-bond acceptors (Lipinski definition) is 4. The van der Waals surface area contributed by atoms with E-state index in [1.807, 2.05) is 19.2 Å². The molecule has 1 fully saturated rings. The first kappa shape index (κ1) is 17.4. The first-order valence-corrected chi connectivity index (χ1v) is 9.49. The van der Waals surface area contributed by atoms with Crippen LogP contribution in [0, 0.1) is 0 Å². The second-order valence-corrected chi connectivity index (χ2v) is 8.24. The van der Waals surface area contributed by atoms with E-state index < -0.39 is 10.0 Å². The molecular formula is C14H20BrN3O3S. The van der Waals surface area contributed by atoms with Gasteiger partial charge >= 0.3 is 0 Å². The predicted octanol–water partition coefficient (Wildman–Crippen LogP) is 1.35. The molecule has 2 rings (SSSR count). The minimum atomic E-state index is -3.37. The van der Waals surface area contributed by atoms with E-state index >= 15 is 0 Å². The molecule has 1 aromatic rings. The smallest absolute Gasteiger partial charge is 0.225 e. The van der Waals surface area contributed by atoms with Crippen molar-refractivity contribution in [2.24, 2.45) is 0 Å². The Hall–Kier alpha value is -0.960. The van der Waals surface area contributed by atoms with Crippen LogP contribution in [0.25, 0.3) is 0 Å². The van der Waals surface area contributed by atoms with Crippen molar-refractivity contribution in [3.05, 3.63) is 28.7 Å². The van der Waals surface area contributed by atoms with Gasteiger partial charge in [0.2, 0.25) is 15.9 Å². The first-order chi connectivity index (χ1) is 10.4. The molecule has 1 aromatic carbocycles. The summed E-state index contributed by atoms with van der Waals surface area (Å²) >= 11 is 3.34. The van der Waals surface area contributed by atoms with Crippen LogP contribution in [0.1, 0.15) is 6.42 Å². The van der Waals surface area contributed by atoms with Crippen LogP contribution in [-0.2, 0) is 14.8 Å². The van der Waals surface area contributed by atoms with Crippen molar-refractivity contribution in [1.82, 2.24) is 9.21 Å². The Bertz CT molecular complexity index is 628. The summed E-state index contributed by atoms with van der Waals surface area (Å²) in [4.78, 5) is 14.0. The summed E-state index contributed by atoms with van der Waals surface area (Å²) in [6.45, 7) is 2.43. The van der Waals surface area contributed by atoms with E-state index in [9.17, 15) is 13.2 Å². The van der Waals surface area contributed by atoms with Crippen LogP contribution >= 0.6 is 15.9 Å². The summed E-state index contributed by atoms with van der Waals surface area (Å²) in [7, 11) is -1.40. The fourth-order valence-corrected chi connectivity index (χ4v) is 4.00. The zero-order valence-corrected chi connectivity index (χ0v) is 14.9. The highest BCUT2D eigenvalue weighted by Gasteiger charge is 2.26. The monoisotopic (exact) mass is 389 g/mol. The molecule has 0 saturated carbocycles. The van der Waals surface area contributed by atoms with Gasteiger partial charge in [0.25, 0.3) is 0 Å². The van der Waals surface area contributed by atoms with Crippen LogP contribution in [0.5, 0.6) is 0 Å². The third-order valence-electron chi connectivity index (χ3n) is 3.59. The number of nitrogens with zero attached hydrogens (tertiary/aromatic N) is 2. The number of carbonyl (C=O) groups excluding carboxylic acids is 1. The van der Waals surface area contributed by atoms with Crippen molar-refractivity contribution in [3.8, 4) is 0 Å². The molecule has 0 aliphatic carbocycles. The molecule has 0 radical (unpaired) electrons. The minimum Gasteiger partial charge on any atom is -0.325 e. The maximum atomic E-state index is 12.2. The third-order valence-corrected chi connectivity index (χ3v) is 6.15. The van der Waals surface area contributed by atoms with Crippen LogP contribution in [0.2, 0.25) is 0 Å². The van der Waals surface area contributed by atoms with Gasteiger partial charge in [0, 0.05) is 37.1 Å². The van der Waals surface area contributed by atoms with E-state index in [0.717, 1.165) is 17.6 Å². The van der Waals surface area contributed by atoms with Gasteiger partial charge in [-0.3, -0.25) is 4.79 Å². The van der Waals surface area contributed by atoms with Crippen molar-refractivity contribution >= 4 is 37.5 Å². The number of amides is 1. The quantitative estimate of drug-likeness (QED) is 0.824. The number of sulfonamides is 1. The van der Waals surface area contributed by atoms with Gasteiger partial charge in [0.05, 0.1) is 11.4 Å². The normalized spacial score (nSPS) is 17.4. The fraction of sp³-hybridized carbons (Fsp3) is 0.500. The Balaban J connectivity index is 1.86. The Kier molecular flexibility index (Phi) is 5.96. The third kappa shape index (κ3) is 4.77. The average Bonchev–Trinajstić information content (AvgIpc) is 2.48. The number of carbonyl (C=O) groups is 1. The van der Waals surface area contributed by atoms with Gasteiger partial charge in [-0.2, -0.15) is 4.31 Å². The zero-order chi connectivity index (χ0) is 16.2. The number of anilines is 1. The summed E-state index contributed by atoms with van der Waals surface area (Å²) < 4.78 is 26.7. The Morgan fingerprint density at radius 2 is 1.86 bits per heavy atom. The second-order valence-electron chi connectivity index (χ2n) is 5.30. The standard InChI is InChI=1S/C14H20BrN3O3S/c1-17-7-9-18(10-8-17)22(20,21)11-6-14(19)16-13-5-3-2-4-12(13)15/h2-5H,6-11H2,1H3,(H,16,19). The van der Waals surface area contributed by atoms with Crippen LogP contribution in [0.15, 0.2) is 28.7 Å². The first-order valence-electron chi connectivity index (χ1n) is 7.09. The number of hydrogen-bond donors (Lipinski definition) is 1. The Morgan fingerprint density at radius 1 is 1.23 bits per heavy atom. The number of halogens is 1.